The van der Waals surface area contributed by atoms with E-state index in [0.29, 0.717) is 12.5 Å². The number of carbonyl (C=O) groups is 1. The molecule has 1 aliphatic rings. The van der Waals surface area contributed by atoms with E-state index in [0.717, 1.165) is 44.5 Å². The number of pyridine rings is 1. The zero-order valence-corrected chi connectivity index (χ0v) is 12.9. The molecule has 21 heavy (non-hydrogen) atoms. The van der Waals surface area contributed by atoms with Gasteiger partial charge >= 0.3 is 0 Å². The van der Waals surface area contributed by atoms with E-state index in [1.54, 1.807) is 12.3 Å². The summed E-state index contributed by atoms with van der Waals surface area (Å²) in [6.07, 6.45) is 5.41. The van der Waals surface area contributed by atoms with E-state index in [9.17, 15) is 4.79 Å². The highest BCUT2D eigenvalue weighted by Crippen LogP contribution is 2.35. The molecule has 2 heterocycles. The van der Waals surface area contributed by atoms with E-state index in [1.807, 2.05) is 13.0 Å². The van der Waals surface area contributed by atoms with Gasteiger partial charge in [-0.2, -0.15) is 0 Å². The number of hydrogen-bond donors (Lipinski definition) is 2. The van der Waals surface area contributed by atoms with Crippen LogP contribution in [0.4, 0.5) is 5.69 Å². The van der Waals surface area contributed by atoms with Gasteiger partial charge in [-0.1, -0.05) is 13.3 Å². The first kappa shape index (κ1) is 15.8. The van der Waals surface area contributed by atoms with Crippen LogP contribution in [0.15, 0.2) is 18.3 Å². The molecule has 5 nitrogen and oxygen atoms in total. The van der Waals surface area contributed by atoms with Crippen molar-refractivity contribution in [3.05, 3.63) is 18.3 Å². The molecular weight excluding hydrogens is 266 g/mol. The molecule has 0 radical (unpaired) electrons. The zero-order chi connectivity index (χ0) is 15.1. The van der Waals surface area contributed by atoms with Crippen molar-refractivity contribution in [1.29, 1.82) is 0 Å². The Morgan fingerprint density at radius 2 is 2.14 bits per heavy atom. The predicted octanol–water partition coefficient (Wildman–Crippen LogP) is 2.59. The van der Waals surface area contributed by atoms with Gasteiger partial charge in [-0.3, -0.25) is 4.79 Å². The molecule has 0 unspecified atom stereocenters. The summed E-state index contributed by atoms with van der Waals surface area (Å²) in [5.74, 6) is 0.706. The van der Waals surface area contributed by atoms with Gasteiger partial charge in [-0.15, -0.1) is 0 Å². The molecule has 1 aliphatic heterocycles. The highest BCUT2D eigenvalue weighted by Gasteiger charge is 2.38. The van der Waals surface area contributed by atoms with Crippen molar-refractivity contribution in [2.75, 3.05) is 25.0 Å². The normalized spacial score (nSPS) is 17.2. The Bertz CT molecular complexity index is 448. The first-order valence-electron chi connectivity index (χ1n) is 7.81. The lowest BCUT2D eigenvalue weighted by Crippen LogP contribution is -2.44. The summed E-state index contributed by atoms with van der Waals surface area (Å²) >= 11 is 0. The average Bonchev–Trinajstić information content (AvgIpc) is 2.51. The monoisotopic (exact) mass is 291 g/mol. The van der Waals surface area contributed by atoms with Crippen LogP contribution in [0.5, 0.6) is 5.88 Å². The fraction of sp³-hybridized carbons (Fsp3) is 0.625. The number of amides is 1. The van der Waals surface area contributed by atoms with Crippen molar-refractivity contribution < 1.29 is 9.53 Å². The van der Waals surface area contributed by atoms with Gasteiger partial charge in [-0.05, 0) is 45.3 Å². The molecule has 1 amide bonds. The van der Waals surface area contributed by atoms with Crippen LogP contribution in [-0.2, 0) is 4.79 Å². The largest absolute Gasteiger partial charge is 0.478 e. The number of nitrogens with one attached hydrogen (secondary N) is 2. The molecular formula is C16H25N3O2. The van der Waals surface area contributed by atoms with Gasteiger partial charge in [0.15, 0.2) is 0 Å². The van der Waals surface area contributed by atoms with Crippen LogP contribution in [-0.4, -0.2) is 30.6 Å². The Labute approximate surface area is 126 Å². The van der Waals surface area contributed by atoms with Crippen molar-refractivity contribution in [3.8, 4) is 5.88 Å². The highest BCUT2D eigenvalue weighted by molar-refractivity contribution is 5.95. The number of carbonyl (C=O) groups excluding carboxylic acids is 1. The first-order valence-corrected chi connectivity index (χ1v) is 7.81. The third-order valence-corrected chi connectivity index (χ3v) is 4.06. The van der Waals surface area contributed by atoms with Crippen LogP contribution in [0.3, 0.4) is 0 Å². The summed E-state index contributed by atoms with van der Waals surface area (Å²) in [6, 6.07) is 3.63. The van der Waals surface area contributed by atoms with Crippen LogP contribution >= 0.6 is 0 Å². The van der Waals surface area contributed by atoms with Gasteiger partial charge in [0.25, 0.3) is 0 Å². The van der Waals surface area contributed by atoms with Crippen molar-refractivity contribution in [3.63, 3.8) is 0 Å². The van der Waals surface area contributed by atoms with Gasteiger partial charge < -0.3 is 15.4 Å². The molecule has 2 N–H and O–H groups in total. The molecule has 0 spiro atoms. The summed E-state index contributed by atoms with van der Waals surface area (Å²) in [6.45, 7) is 6.47. The Hall–Kier alpha value is -1.62. The molecule has 1 fully saturated rings. The lowest BCUT2D eigenvalue weighted by Gasteiger charge is -2.36. The van der Waals surface area contributed by atoms with Crippen LogP contribution in [0.1, 0.15) is 39.5 Å². The highest BCUT2D eigenvalue weighted by atomic mass is 16.5. The number of ether oxygens (including phenoxy) is 1. The summed E-state index contributed by atoms with van der Waals surface area (Å²) in [7, 11) is 0. The topological polar surface area (TPSA) is 63.2 Å². The average molecular weight is 291 g/mol. The Kier molecular flexibility index (Phi) is 5.56. The summed E-state index contributed by atoms with van der Waals surface area (Å²) in [5.41, 5.74) is 0.496. The number of nitrogens with zero attached hydrogens (tertiary/aromatic N) is 1. The molecule has 0 saturated carbocycles. The van der Waals surface area contributed by atoms with Gasteiger partial charge in [0.05, 0.1) is 23.9 Å². The van der Waals surface area contributed by atoms with Crippen LogP contribution in [0.25, 0.3) is 0 Å². The molecule has 1 aromatic heterocycles. The second kappa shape index (κ2) is 7.41. The fourth-order valence-corrected chi connectivity index (χ4v) is 2.93. The Morgan fingerprint density at radius 1 is 1.38 bits per heavy atom. The third-order valence-electron chi connectivity index (χ3n) is 4.06. The van der Waals surface area contributed by atoms with Gasteiger partial charge in [0.2, 0.25) is 11.8 Å². The minimum atomic E-state index is -0.238. The Balaban J connectivity index is 2.04. The smallest absolute Gasteiger partial charge is 0.230 e. The van der Waals surface area contributed by atoms with E-state index >= 15 is 0 Å². The molecule has 0 aromatic carbocycles. The van der Waals surface area contributed by atoms with Gasteiger partial charge in [0.1, 0.15) is 0 Å². The molecule has 1 saturated heterocycles. The number of rotatable bonds is 6. The van der Waals surface area contributed by atoms with Crippen LogP contribution in [0, 0.1) is 5.41 Å². The lowest BCUT2D eigenvalue weighted by atomic mass is 9.74. The van der Waals surface area contributed by atoms with E-state index in [2.05, 4.69) is 22.5 Å². The van der Waals surface area contributed by atoms with Crippen molar-refractivity contribution in [1.82, 2.24) is 10.3 Å². The molecule has 5 heteroatoms. The van der Waals surface area contributed by atoms with E-state index < -0.39 is 0 Å². The summed E-state index contributed by atoms with van der Waals surface area (Å²) in [5, 5.41) is 6.35. The fourth-order valence-electron chi connectivity index (χ4n) is 2.93. The molecule has 0 bridgehead atoms. The Morgan fingerprint density at radius 3 is 2.71 bits per heavy atom. The SMILES string of the molecule is CCCC1(C(=O)Nc2ccc(OCC)nc2)CCNCC1. The van der Waals surface area contributed by atoms with Crippen molar-refractivity contribution >= 4 is 11.6 Å². The standard InChI is InChI=1S/C16H25N3O2/c1-3-7-16(8-10-17-11-9-16)15(20)19-13-5-6-14(18-12-13)21-4-2/h5-6,12,17H,3-4,7-11H2,1-2H3,(H,19,20). The molecule has 116 valence electrons. The quantitative estimate of drug-likeness (QED) is 0.845. The minimum absolute atomic E-state index is 0.122. The molecule has 1 aromatic rings. The minimum Gasteiger partial charge on any atom is -0.478 e. The van der Waals surface area contributed by atoms with E-state index in [1.165, 1.54) is 0 Å². The van der Waals surface area contributed by atoms with Crippen LogP contribution < -0.4 is 15.4 Å². The second-order valence-electron chi connectivity index (χ2n) is 5.55. The maximum absolute atomic E-state index is 12.7. The van der Waals surface area contributed by atoms with Crippen molar-refractivity contribution in [2.45, 2.75) is 39.5 Å². The maximum Gasteiger partial charge on any atom is 0.230 e. The summed E-state index contributed by atoms with van der Waals surface area (Å²) < 4.78 is 5.31. The van der Waals surface area contributed by atoms with Gasteiger partial charge in [0, 0.05) is 6.07 Å². The number of aromatic nitrogens is 1. The zero-order valence-electron chi connectivity index (χ0n) is 12.9. The number of hydrogen-bond acceptors (Lipinski definition) is 4. The predicted molar refractivity (Wildman–Crippen MR) is 83.5 cm³/mol. The van der Waals surface area contributed by atoms with Gasteiger partial charge in [-0.25, -0.2) is 4.98 Å². The first-order chi connectivity index (χ1) is 10.2. The van der Waals surface area contributed by atoms with Crippen molar-refractivity contribution in [2.24, 2.45) is 5.41 Å². The third kappa shape index (κ3) is 3.94. The molecule has 2 rings (SSSR count). The van der Waals surface area contributed by atoms with E-state index in [4.69, 9.17) is 4.74 Å². The second-order valence-corrected chi connectivity index (χ2v) is 5.55. The van der Waals surface area contributed by atoms with E-state index in [-0.39, 0.29) is 11.3 Å². The molecule has 0 aliphatic carbocycles. The number of piperidine rings is 1. The number of anilines is 1. The summed E-state index contributed by atoms with van der Waals surface area (Å²) in [4.78, 5) is 16.9. The molecule has 0 atom stereocenters. The lowest BCUT2D eigenvalue weighted by molar-refractivity contribution is -0.127. The maximum atomic E-state index is 12.7. The van der Waals surface area contributed by atoms with Crippen LogP contribution in [0.2, 0.25) is 0 Å².